The molecule has 1 fully saturated rings. The summed E-state index contributed by atoms with van der Waals surface area (Å²) in [7, 11) is -3.24. The Morgan fingerprint density at radius 2 is 2.10 bits per heavy atom. The molecule has 0 spiro atoms. The van der Waals surface area contributed by atoms with Gasteiger partial charge in [0.15, 0.2) is 9.84 Å². The van der Waals surface area contributed by atoms with Crippen LogP contribution in [0.1, 0.15) is 0 Å². The molecule has 8 nitrogen and oxygen atoms in total. The zero-order valence-electron chi connectivity index (χ0n) is 10.7. The summed E-state index contributed by atoms with van der Waals surface area (Å²) >= 11 is 5.87. The van der Waals surface area contributed by atoms with Gasteiger partial charge in [0.1, 0.15) is 0 Å². The van der Waals surface area contributed by atoms with E-state index in [4.69, 9.17) is 11.6 Å². The Kier molecular flexibility index (Phi) is 4.33. The predicted octanol–water partition coefficient (Wildman–Crippen LogP) is 1.12. The standard InChI is InChI=1S/C11H12ClN3O5S/c12-9-5-21(19,20)6-10(9)14-11(16)13-7-2-1-3-8(4-7)15(17)18/h1-4,9-10H,5-6H2,(H2,13,14,16)/t9-,10+/m0/s1. The maximum absolute atomic E-state index is 11.8. The third-order valence-corrected chi connectivity index (χ3v) is 5.29. The highest BCUT2D eigenvalue weighted by Gasteiger charge is 2.37. The van der Waals surface area contributed by atoms with Crippen LogP contribution in [0.5, 0.6) is 0 Å². The summed E-state index contributed by atoms with van der Waals surface area (Å²) in [5.74, 6) is -0.403. The summed E-state index contributed by atoms with van der Waals surface area (Å²) in [6.07, 6.45) is 0. The Morgan fingerprint density at radius 3 is 2.67 bits per heavy atom. The smallest absolute Gasteiger partial charge is 0.319 e. The summed E-state index contributed by atoms with van der Waals surface area (Å²) in [6, 6.07) is 4.05. The number of hydrogen-bond acceptors (Lipinski definition) is 5. The average Bonchev–Trinajstić information content (AvgIpc) is 2.62. The Morgan fingerprint density at radius 1 is 1.38 bits per heavy atom. The minimum absolute atomic E-state index is 0.161. The van der Waals surface area contributed by atoms with Gasteiger partial charge in [-0.1, -0.05) is 6.07 Å². The number of nitrogens with zero attached hydrogens (tertiary/aromatic N) is 1. The van der Waals surface area contributed by atoms with E-state index in [1.54, 1.807) is 0 Å². The quantitative estimate of drug-likeness (QED) is 0.488. The molecule has 2 N–H and O–H groups in total. The number of non-ortho nitro benzene ring substituents is 1. The fourth-order valence-corrected chi connectivity index (χ4v) is 4.52. The molecule has 0 unspecified atom stereocenters. The number of rotatable bonds is 3. The van der Waals surface area contributed by atoms with Crippen molar-refractivity contribution in [3.05, 3.63) is 34.4 Å². The third kappa shape index (κ3) is 4.05. The maximum Gasteiger partial charge on any atom is 0.319 e. The lowest BCUT2D eigenvalue weighted by molar-refractivity contribution is -0.384. The number of nitro benzene ring substituents is 1. The molecule has 0 bridgehead atoms. The first-order valence-corrected chi connectivity index (χ1v) is 8.19. The lowest BCUT2D eigenvalue weighted by Gasteiger charge is -2.14. The van der Waals surface area contributed by atoms with E-state index in [9.17, 15) is 23.3 Å². The van der Waals surface area contributed by atoms with Crippen LogP contribution in [-0.2, 0) is 9.84 Å². The van der Waals surface area contributed by atoms with E-state index in [2.05, 4.69) is 10.6 Å². The van der Waals surface area contributed by atoms with Gasteiger partial charge >= 0.3 is 6.03 Å². The second-order valence-electron chi connectivity index (χ2n) is 4.61. The lowest BCUT2D eigenvalue weighted by Crippen LogP contribution is -2.42. The van der Waals surface area contributed by atoms with Crippen LogP contribution < -0.4 is 10.6 Å². The fourth-order valence-electron chi connectivity index (χ4n) is 1.97. The summed E-state index contributed by atoms with van der Waals surface area (Å²) in [5, 5.41) is 14.8. The number of carbonyl (C=O) groups is 1. The van der Waals surface area contributed by atoms with Crippen LogP contribution in [0.2, 0.25) is 0 Å². The van der Waals surface area contributed by atoms with Crippen molar-refractivity contribution in [3.8, 4) is 0 Å². The third-order valence-electron chi connectivity index (χ3n) is 2.91. The number of amides is 2. The molecule has 114 valence electrons. The van der Waals surface area contributed by atoms with Crippen molar-refractivity contribution in [2.45, 2.75) is 11.4 Å². The van der Waals surface area contributed by atoms with Gasteiger partial charge in [-0.2, -0.15) is 0 Å². The van der Waals surface area contributed by atoms with Crippen molar-refractivity contribution in [2.75, 3.05) is 16.8 Å². The number of alkyl halides is 1. The van der Waals surface area contributed by atoms with E-state index in [0.717, 1.165) is 0 Å². The number of halogens is 1. The number of anilines is 1. The van der Waals surface area contributed by atoms with Crippen LogP contribution >= 0.6 is 11.6 Å². The first kappa shape index (κ1) is 15.5. The summed E-state index contributed by atoms with van der Waals surface area (Å²) in [6.45, 7) is 0. The van der Waals surface area contributed by atoms with E-state index < -0.39 is 32.2 Å². The molecular formula is C11H12ClN3O5S. The number of nitro groups is 1. The molecule has 0 aliphatic carbocycles. The van der Waals surface area contributed by atoms with Gasteiger partial charge in [0.05, 0.1) is 27.8 Å². The molecule has 0 radical (unpaired) electrons. The highest BCUT2D eigenvalue weighted by atomic mass is 35.5. The number of sulfone groups is 1. The number of urea groups is 1. The SMILES string of the molecule is O=C(Nc1cccc([N+](=O)[O-])c1)N[C@@H]1CS(=O)(=O)C[C@@H]1Cl. The molecule has 1 aromatic carbocycles. The topological polar surface area (TPSA) is 118 Å². The normalized spacial score (nSPS) is 23.5. The van der Waals surface area contributed by atoms with E-state index in [1.807, 2.05) is 0 Å². The molecule has 0 aromatic heterocycles. The Bertz CT molecular complexity index is 678. The highest BCUT2D eigenvalue weighted by Crippen LogP contribution is 2.19. The second-order valence-corrected chi connectivity index (χ2v) is 7.32. The number of nitrogens with one attached hydrogen (secondary N) is 2. The van der Waals surface area contributed by atoms with Crippen LogP contribution in [0.3, 0.4) is 0 Å². The van der Waals surface area contributed by atoms with E-state index in [1.165, 1.54) is 24.3 Å². The predicted molar refractivity (Wildman–Crippen MR) is 77.3 cm³/mol. The van der Waals surface area contributed by atoms with Gasteiger partial charge in [-0.25, -0.2) is 13.2 Å². The van der Waals surface area contributed by atoms with Crippen molar-refractivity contribution in [2.24, 2.45) is 0 Å². The number of hydrogen-bond donors (Lipinski definition) is 2. The van der Waals surface area contributed by atoms with Crippen molar-refractivity contribution < 1.29 is 18.1 Å². The molecule has 21 heavy (non-hydrogen) atoms. The molecule has 1 aromatic rings. The number of benzene rings is 1. The first-order chi connectivity index (χ1) is 9.77. The molecule has 10 heteroatoms. The monoisotopic (exact) mass is 333 g/mol. The van der Waals surface area contributed by atoms with Crippen molar-refractivity contribution in [1.82, 2.24) is 5.32 Å². The highest BCUT2D eigenvalue weighted by molar-refractivity contribution is 7.91. The van der Waals surface area contributed by atoms with E-state index in [0.29, 0.717) is 0 Å². The molecule has 2 amide bonds. The van der Waals surface area contributed by atoms with Crippen LogP contribution in [0, 0.1) is 10.1 Å². The van der Waals surface area contributed by atoms with Gasteiger partial charge in [0.2, 0.25) is 0 Å². The van der Waals surface area contributed by atoms with Crippen molar-refractivity contribution >= 4 is 38.8 Å². The minimum Gasteiger partial charge on any atom is -0.333 e. The molecule has 0 saturated carbocycles. The molecule has 2 atom stereocenters. The van der Waals surface area contributed by atoms with Crippen molar-refractivity contribution in [1.29, 1.82) is 0 Å². The molecule has 1 aliphatic heterocycles. The molecule has 2 rings (SSSR count). The van der Waals surface area contributed by atoms with Crippen LogP contribution in [0.4, 0.5) is 16.2 Å². The summed E-state index contributed by atoms with van der Waals surface area (Å²) in [5.41, 5.74) is 0.0696. The van der Waals surface area contributed by atoms with Gasteiger partial charge in [-0.15, -0.1) is 11.6 Å². The summed E-state index contributed by atoms with van der Waals surface area (Å²) in [4.78, 5) is 21.8. The van der Waals surface area contributed by atoms with E-state index in [-0.39, 0.29) is 22.9 Å². The lowest BCUT2D eigenvalue weighted by atomic mass is 10.2. The first-order valence-electron chi connectivity index (χ1n) is 5.93. The van der Waals surface area contributed by atoms with Gasteiger partial charge in [-0.05, 0) is 6.07 Å². The minimum atomic E-state index is -3.24. The maximum atomic E-state index is 11.8. The molecule has 1 saturated heterocycles. The second kappa shape index (κ2) is 5.86. The Labute approximate surface area is 125 Å². The van der Waals surface area contributed by atoms with Crippen LogP contribution in [0.15, 0.2) is 24.3 Å². The fraction of sp³-hybridized carbons (Fsp3) is 0.364. The van der Waals surface area contributed by atoms with Crippen LogP contribution in [-0.4, -0.2) is 42.3 Å². The Hall–Kier alpha value is -1.87. The van der Waals surface area contributed by atoms with Gasteiger partial charge in [0.25, 0.3) is 5.69 Å². The average molecular weight is 334 g/mol. The number of carbonyl (C=O) groups excluding carboxylic acids is 1. The van der Waals surface area contributed by atoms with Crippen molar-refractivity contribution in [3.63, 3.8) is 0 Å². The zero-order valence-corrected chi connectivity index (χ0v) is 12.2. The Balaban J connectivity index is 1.99. The van der Waals surface area contributed by atoms with Gasteiger partial charge < -0.3 is 10.6 Å². The molecule has 1 aliphatic rings. The largest absolute Gasteiger partial charge is 0.333 e. The zero-order chi connectivity index (χ0) is 15.6. The molecular weight excluding hydrogens is 322 g/mol. The van der Waals surface area contributed by atoms with Gasteiger partial charge in [0, 0.05) is 17.8 Å². The van der Waals surface area contributed by atoms with Crippen LogP contribution in [0.25, 0.3) is 0 Å². The van der Waals surface area contributed by atoms with Gasteiger partial charge in [-0.3, -0.25) is 10.1 Å². The molecule has 1 heterocycles. The van der Waals surface area contributed by atoms with E-state index >= 15 is 0 Å². The summed E-state index contributed by atoms with van der Waals surface area (Å²) < 4.78 is 22.8.